The fourth-order valence-electron chi connectivity index (χ4n) is 2.76. The molecule has 5 nitrogen and oxygen atoms in total. The Bertz CT molecular complexity index is 1060. The van der Waals surface area contributed by atoms with Crippen LogP contribution in [0.3, 0.4) is 0 Å². The van der Waals surface area contributed by atoms with E-state index in [1.54, 1.807) is 16.8 Å². The first-order valence-corrected chi connectivity index (χ1v) is 10.3. The summed E-state index contributed by atoms with van der Waals surface area (Å²) in [6.45, 7) is 0. The lowest BCUT2D eigenvalue weighted by Crippen LogP contribution is -2.14. The van der Waals surface area contributed by atoms with Crippen LogP contribution in [0.4, 0.5) is 5.69 Å². The van der Waals surface area contributed by atoms with Crippen LogP contribution in [-0.4, -0.2) is 26.4 Å². The molecule has 29 heavy (non-hydrogen) atoms. The Labute approximate surface area is 177 Å². The lowest BCUT2D eigenvalue weighted by molar-refractivity contribution is -0.113. The van der Waals surface area contributed by atoms with E-state index in [2.05, 4.69) is 15.4 Å². The summed E-state index contributed by atoms with van der Waals surface area (Å²) in [6, 6.07) is 26.8. The van der Waals surface area contributed by atoms with Crippen molar-refractivity contribution in [2.24, 2.45) is 0 Å². The number of nitrogens with one attached hydrogen (secondary N) is 1. The molecule has 0 radical (unpaired) electrons. The average Bonchev–Trinajstić information content (AvgIpc) is 3.20. The molecule has 0 atom stereocenters. The van der Waals surface area contributed by atoms with Gasteiger partial charge in [-0.25, -0.2) is 9.67 Å². The molecule has 7 heteroatoms. The zero-order valence-electron chi connectivity index (χ0n) is 15.3. The van der Waals surface area contributed by atoms with Gasteiger partial charge in [0, 0.05) is 5.56 Å². The maximum Gasteiger partial charge on any atom is 0.234 e. The van der Waals surface area contributed by atoms with Gasteiger partial charge in [-0.15, -0.1) is 5.10 Å². The zero-order chi connectivity index (χ0) is 20.1. The van der Waals surface area contributed by atoms with Gasteiger partial charge in [0.05, 0.1) is 22.2 Å². The minimum absolute atomic E-state index is 0.166. The maximum atomic E-state index is 12.3. The third kappa shape index (κ3) is 4.67. The molecule has 1 aromatic heterocycles. The molecule has 4 rings (SSSR count). The number of rotatable bonds is 6. The van der Waals surface area contributed by atoms with Crippen LogP contribution in [0.1, 0.15) is 0 Å². The first kappa shape index (κ1) is 19.2. The molecule has 0 aliphatic rings. The van der Waals surface area contributed by atoms with Crippen LogP contribution in [0, 0.1) is 0 Å². The minimum Gasteiger partial charge on any atom is -0.324 e. The molecule has 4 aromatic rings. The highest BCUT2D eigenvalue weighted by molar-refractivity contribution is 7.99. The van der Waals surface area contributed by atoms with Gasteiger partial charge in [-0.1, -0.05) is 84.0 Å². The number of hydrogen-bond donors (Lipinski definition) is 1. The number of thioether (sulfide) groups is 1. The van der Waals surface area contributed by atoms with Crippen molar-refractivity contribution >= 4 is 35.0 Å². The second-order valence-corrected chi connectivity index (χ2v) is 7.50. The predicted molar refractivity (Wildman–Crippen MR) is 118 cm³/mol. The molecule has 3 aromatic carbocycles. The molecule has 0 saturated carbocycles. The number of anilines is 1. The smallest absolute Gasteiger partial charge is 0.234 e. The van der Waals surface area contributed by atoms with Gasteiger partial charge in [-0.3, -0.25) is 4.79 Å². The maximum absolute atomic E-state index is 12.3. The standard InChI is InChI=1S/C22H17ClN4OS/c23-18-13-7-8-14-19(18)24-20(28)15-29-22-25-21(16-9-3-1-4-10-16)27(26-22)17-11-5-2-6-12-17/h1-14H,15H2,(H,24,28). The molecule has 0 saturated heterocycles. The molecule has 1 amide bonds. The Morgan fingerprint density at radius 3 is 2.31 bits per heavy atom. The van der Waals surface area contributed by atoms with Crippen molar-refractivity contribution in [2.75, 3.05) is 11.1 Å². The van der Waals surface area contributed by atoms with Gasteiger partial charge in [0.1, 0.15) is 0 Å². The van der Waals surface area contributed by atoms with Crippen molar-refractivity contribution < 1.29 is 4.79 Å². The molecule has 0 aliphatic heterocycles. The van der Waals surface area contributed by atoms with Crippen LogP contribution in [0.2, 0.25) is 5.02 Å². The molecule has 0 bridgehead atoms. The molecular weight excluding hydrogens is 404 g/mol. The van der Waals surface area contributed by atoms with E-state index in [1.165, 1.54) is 11.8 Å². The van der Waals surface area contributed by atoms with Gasteiger partial charge >= 0.3 is 0 Å². The van der Waals surface area contributed by atoms with Crippen LogP contribution >= 0.6 is 23.4 Å². The van der Waals surface area contributed by atoms with E-state index in [0.717, 1.165) is 17.1 Å². The van der Waals surface area contributed by atoms with E-state index in [9.17, 15) is 4.79 Å². The summed E-state index contributed by atoms with van der Waals surface area (Å²) in [5, 5.41) is 8.46. The van der Waals surface area contributed by atoms with Gasteiger partial charge in [0.15, 0.2) is 5.82 Å². The number of carbonyl (C=O) groups is 1. The highest BCUT2D eigenvalue weighted by atomic mass is 35.5. The zero-order valence-corrected chi connectivity index (χ0v) is 16.9. The minimum atomic E-state index is -0.166. The number of halogens is 1. The van der Waals surface area contributed by atoms with E-state index in [-0.39, 0.29) is 11.7 Å². The molecule has 1 N–H and O–H groups in total. The molecule has 0 unspecified atom stereocenters. The predicted octanol–water partition coefficient (Wildman–Crippen LogP) is 5.32. The van der Waals surface area contributed by atoms with Gasteiger partial charge in [0.25, 0.3) is 0 Å². The van der Waals surface area contributed by atoms with E-state index >= 15 is 0 Å². The topological polar surface area (TPSA) is 59.8 Å². The number of para-hydroxylation sites is 2. The molecular formula is C22H17ClN4OS. The second kappa shape index (κ2) is 8.94. The summed E-state index contributed by atoms with van der Waals surface area (Å²) < 4.78 is 1.80. The van der Waals surface area contributed by atoms with Crippen molar-refractivity contribution in [3.63, 3.8) is 0 Å². The number of hydrogen-bond acceptors (Lipinski definition) is 4. The Hall–Kier alpha value is -3.09. The van der Waals surface area contributed by atoms with Crippen LogP contribution < -0.4 is 5.32 Å². The molecule has 0 spiro atoms. The summed E-state index contributed by atoms with van der Waals surface area (Å²) in [7, 11) is 0. The molecule has 1 heterocycles. The normalized spacial score (nSPS) is 10.7. The van der Waals surface area contributed by atoms with Crippen molar-refractivity contribution in [1.82, 2.24) is 14.8 Å². The third-order valence-corrected chi connectivity index (χ3v) is 5.27. The fraction of sp³-hybridized carbons (Fsp3) is 0.0455. The average molecular weight is 421 g/mol. The van der Waals surface area contributed by atoms with E-state index < -0.39 is 0 Å². The summed E-state index contributed by atoms with van der Waals surface area (Å²) in [6.07, 6.45) is 0. The molecule has 144 valence electrons. The largest absolute Gasteiger partial charge is 0.324 e. The Kier molecular flexibility index (Phi) is 5.93. The highest BCUT2D eigenvalue weighted by Crippen LogP contribution is 2.25. The number of amides is 1. The van der Waals surface area contributed by atoms with Crippen molar-refractivity contribution in [3.05, 3.63) is 90.0 Å². The number of aromatic nitrogens is 3. The van der Waals surface area contributed by atoms with Gasteiger partial charge in [-0.2, -0.15) is 0 Å². The molecule has 0 aliphatic carbocycles. The summed E-state index contributed by atoms with van der Waals surface area (Å²) in [5.41, 5.74) is 2.45. The van der Waals surface area contributed by atoms with Crippen LogP contribution in [0.5, 0.6) is 0 Å². The highest BCUT2D eigenvalue weighted by Gasteiger charge is 2.15. The third-order valence-electron chi connectivity index (χ3n) is 4.10. The second-order valence-electron chi connectivity index (χ2n) is 6.15. The Morgan fingerprint density at radius 2 is 1.59 bits per heavy atom. The summed E-state index contributed by atoms with van der Waals surface area (Å²) in [4.78, 5) is 17.0. The monoisotopic (exact) mass is 420 g/mol. The Morgan fingerprint density at radius 1 is 0.931 bits per heavy atom. The SMILES string of the molecule is O=C(CSc1nc(-c2ccccc2)n(-c2ccccc2)n1)Nc1ccccc1Cl. The quantitative estimate of drug-likeness (QED) is 0.429. The van der Waals surface area contributed by atoms with E-state index in [1.807, 2.05) is 72.8 Å². The summed E-state index contributed by atoms with van der Waals surface area (Å²) in [5.74, 6) is 0.740. The van der Waals surface area contributed by atoms with Crippen LogP contribution in [0.15, 0.2) is 90.1 Å². The molecule has 0 fully saturated rings. The van der Waals surface area contributed by atoms with Crippen LogP contribution in [-0.2, 0) is 4.79 Å². The van der Waals surface area contributed by atoms with Gasteiger partial charge in [0.2, 0.25) is 11.1 Å². The lowest BCUT2D eigenvalue weighted by Gasteiger charge is -2.05. The van der Waals surface area contributed by atoms with Crippen molar-refractivity contribution in [1.29, 1.82) is 0 Å². The number of carbonyl (C=O) groups excluding carboxylic acids is 1. The van der Waals surface area contributed by atoms with Crippen molar-refractivity contribution in [3.8, 4) is 17.1 Å². The van der Waals surface area contributed by atoms with Crippen LogP contribution in [0.25, 0.3) is 17.1 Å². The van der Waals surface area contributed by atoms with Crippen molar-refractivity contribution in [2.45, 2.75) is 5.16 Å². The first-order valence-electron chi connectivity index (χ1n) is 8.96. The van der Waals surface area contributed by atoms with Gasteiger partial charge in [-0.05, 0) is 24.3 Å². The first-order chi connectivity index (χ1) is 14.2. The number of benzene rings is 3. The van der Waals surface area contributed by atoms with E-state index in [0.29, 0.717) is 15.9 Å². The fourth-order valence-corrected chi connectivity index (χ4v) is 3.56. The summed E-state index contributed by atoms with van der Waals surface area (Å²) >= 11 is 7.38. The Balaban J connectivity index is 1.54. The van der Waals surface area contributed by atoms with Gasteiger partial charge < -0.3 is 5.32 Å². The lowest BCUT2D eigenvalue weighted by atomic mass is 10.2. The number of nitrogens with zero attached hydrogens (tertiary/aromatic N) is 3. The van der Waals surface area contributed by atoms with E-state index in [4.69, 9.17) is 11.6 Å².